The SMILES string of the molecule is CC(C)CCCN=C(N)NCCC(C)C. The number of aliphatic imine (C=N–C) groups is 1. The molecule has 0 aromatic heterocycles. The molecule has 3 heteroatoms. The Morgan fingerprint density at radius 1 is 1.13 bits per heavy atom. The van der Waals surface area contributed by atoms with E-state index in [0.717, 1.165) is 31.8 Å². The van der Waals surface area contributed by atoms with E-state index in [4.69, 9.17) is 5.73 Å². The molecule has 0 bridgehead atoms. The fraction of sp³-hybridized carbons (Fsp3) is 0.917. The number of nitrogens with one attached hydrogen (secondary N) is 1. The third-order valence-electron chi connectivity index (χ3n) is 2.25. The summed E-state index contributed by atoms with van der Waals surface area (Å²) in [7, 11) is 0. The minimum Gasteiger partial charge on any atom is -0.370 e. The number of hydrogen-bond donors (Lipinski definition) is 2. The highest BCUT2D eigenvalue weighted by molar-refractivity contribution is 5.77. The van der Waals surface area contributed by atoms with Crippen LogP contribution in [0.3, 0.4) is 0 Å². The smallest absolute Gasteiger partial charge is 0.188 e. The Labute approximate surface area is 94.5 Å². The van der Waals surface area contributed by atoms with Crippen molar-refractivity contribution in [3.63, 3.8) is 0 Å². The predicted octanol–water partition coefficient (Wildman–Crippen LogP) is 2.37. The van der Waals surface area contributed by atoms with Crippen molar-refractivity contribution in [2.24, 2.45) is 22.6 Å². The molecule has 0 aromatic rings. The van der Waals surface area contributed by atoms with Gasteiger partial charge in [0.2, 0.25) is 0 Å². The van der Waals surface area contributed by atoms with Gasteiger partial charge in [-0.15, -0.1) is 0 Å². The molecule has 0 atom stereocenters. The second kappa shape index (κ2) is 8.57. The highest BCUT2D eigenvalue weighted by Crippen LogP contribution is 2.02. The molecule has 0 aliphatic carbocycles. The first-order valence-electron chi connectivity index (χ1n) is 6.06. The van der Waals surface area contributed by atoms with E-state index in [9.17, 15) is 0 Å². The number of nitrogens with two attached hydrogens (primary N) is 1. The van der Waals surface area contributed by atoms with E-state index in [-0.39, 0.29) is 0 Å². The van der Waals surface area contributed by atoms with Crippen molar-refractivity contribution in [3.05, 3.63) is 0 Å². The normalized spacial score (nSPS) is 12.5. The van der Waals surface area contributed by atoms with Crippen LogP contribution < -0.4 is 11.1 Å². The first kappa shape index (κ1) is 14.3. The highest BCUT2D eigenvalue weighted by Gasteiger charge is 1.95. The molecule has 0 aromatic carbocycles. The molecule has 15 heavy (non-hydrogen) atoms. The predicted molar refractivity (Wildman–Crippen MR) is 68.0 cm³/mol. The third-order valence-corrected chi connectivity index (χ3v) is 2.25. The van der Waals surface area contributed by atoms with E-state index in [2.05, 4.69) is 38.0 Å². The lowest BCUT2D eigenvalue weighted by atomic mass is 10.1. The fourth-order valence-corrected chi connectivity index (χ4v) is 1.24. The van der Waals surface area contributed by atoms with Gasteiger partial charge in [0.15, 0.2) is 5.96 Å². The van der Waals surface area contributed by atoms with Crippen LogP contribution in [0.1, 0.15) is 47.0 Å². The summed E-state index contributed by atoms with van der Waals surface area (Å²) in [5, 5.41) is 3.13. The van der Waals surface area contributed by atoms with Gasteiger partial charge in [0.1, 0.15) is 0 Å². The molecule has 0 aliphatic heterocycles. The zero-order valence-corrected chi connectivity index (χ0v) is 10.7. The molecule has 0 rings (SSSR count). The molecule has 0 unspecified atom stereocenters. The maximum Gasteiger partial charge on any atom is 0.188 e. The van der Waals surface area contributed by atoms with E-state index in [1.54, 1.807) is 0 Å². The minimum atomic E-state index is 0.597. The Bertz CT molecular complexity index is 174. The summed E-state index contributed by atoms with van der Waals surface area (Å²) in [5.74, 6) is 2.07. The molecule has 0 radical (unpaired) electrons. The van der Waals surface area contributed by atoms with Crippen molar-refractivity contribution in [2.45, 2.75) is 47.0 Å². The van der Waals surface area contributed by atoms with Crippen LogP contribution in [0.4, 0.5) is 0 Å². The average Bonchev–Trinajstić information content (AvgIpc) is 2.11. The number of guanidine groups is 1. The molecule has 0 saturated heterocycles. The van der Waals surface area contributed by atoms with Crippen LogP contribution in [-0.4, -0.2) is 19.0 Å². The van der Waals surface area contributed by atoms with E-state index >= 15 is 0 Å². The number of rotatable bonds is 7. The summed E-state index contributed by atoms with van der Waals surface area (Å²) >= 11 is 0. The molecule has 90 valence electrons. The first-order valence-corrected chi connectivity index (χ1v) is 6.06. The van der Waals surface area contributed by atoms with Crippen LogP contribution >= 0.6 is 0 Å². The maximum absolute atomic E-state index is 5.72. The van der Waals surface area contributed by atoms with E-state index in [0.29, 0.717) is 11.9 Å². The van der Waals surface area contributed by atoms with Gasteiger partial charge in [0.25, 0.3) is 0 Å². The van der Waals surface area contributed by atoms with Crippen LogP contribution in [0.15, 0.2) is 4.99 Å². The zero-order chi connectivity index (χ0) is 11.7. The number of nitrogens with zero attached hydrogens (tertiary/aromatic N) is 1. The van der Waals surface area contributed by atoms with Crippen LogP contribution in [0, 0.1) is 11.8 Å². The van der Waals surface area contributed by atoms with Gasteiger partial charge in [0, 0.05) is 13.1 Å². The zero-order valence-electron chi connectivity index (χ0n) is 10.7. The lowest BCUT2D eigenvalue weighted by molar-refractivity contribution is 0.559. The maximum atomic E-state index is 5.72. The van der Waals surface area contributed by atoms with Crippen molar-refractivity contribution in [1.82, 2.24) is 5.32 Å². The average molecular weight is 213 g/mol. The standard InChI is InChI=1S/C12H27N3/c1-10(2)6-5-8-14-12(13)15-9-7-11(3)4/h10-11H,5-9H2,1-4H3,(H3,13,14,15). The Morgan fingerprint density at radius 2 is 1.73 bits per heavy atom. The molecule has 0 saturated carbocycles. The van der Waals surface area contributed by atoms with Gasteiger partial charge in [-0.25, -0.2) is 0 Å². The van der Waals surface area contributed by atoms with Crippen molar-refractivity contribution in [1.29, 1.82) is 0 Å². The Hall–Kier alpha value is -0.730. The van der Waals surface area contributed by atoms with Crippen LogP contribution in [0.25, 0.3) is 0 Å². The summed E-state index contributed by atoms with van der Waals surface area (Å²) < 4.78 is 0. The van der Waals surface area contributed by atoms with E-state index < -0.39 is 0 Å². The first-order chi connectivity index (χ1) is 7.02. The molecular formula is C12H27N3. The molecule has 3 N–H and O–H groups in total. The topological polar surface area (TPSA) is 50.4 Å². The second-order valence-corrected chi connectivity index (χ2v) is 4.91. The fourth-order valence-electron chi connectivity index (χ4n) is 1.24. The lowest BCUT2D eigenvalue weighted by Crippen LogP contribution is -2.33. The molecule has 0 amide bonds. The van der Waals surface area contributed by atoms with Crippen molar-refractivity contribution in [3.8, 4) is 0 Å². The van der Waals surface area contributed by atoms with Crippen molar-refractivity contribution >= 4 is 5.96 Å². The van der Waals surface area contributed by atoms with Crippen LogP contribution in [0.5, 0.6) is 0 Å². The van der Waals surface area contributed by atoms with Gasteiger partial charge in [-0.1, -0.05) is 27.7 Å². The van der Waals surface area contributed by atoms with Gasteiger partial charge < -0.3 is 11.1 Å². The lowest BCUT2D eigenvalue weighted by Gasteiger charge is -2.07. The third kappa shape index (κ3) is 11.2. The summed E-state index contributed by atoms with van der Waals surface area (Å²) in [6, 6.07) is 0. The minimum absolute atomic E-state index is 0.597. The van der Waals surface area contributed by atoms with Gasteiger partial charge in [-0.05, 0) is 31.1 Å². The van der Waals surface area contributed by atoms with E-state index in [1.807, 2.05) is 0 Å². The Morgan fingerprint density at radius 3 is 2.27 bits per heavy atom. The van der Waals surface area contributed by atoms with Crippen LogP contribution in [0.2, 0.25) is 0 Å². The summed E-state index contributed by atoms with van der Waals surface area (Å²) in [4.78, 5) is 4.28. The molecule has 0 fully saturated rings. The summed E-state index contributed by atoms with van der Waals surface area (Å²) in [6.45, 7) is 10.6. The van der Waals surface area contributed by atoms with Gasteiger partial charge in [-0.3, -0.25) is 4.99 Å². The van der Waals surface area contributed by atoms with Gasteiger partial charge in [0.05, 0.1) is 0 Å². The molecule has 0 heterocycles. The second-order valence-electron chi connectivity index (χ2n) is 4.91. The summed E-state index contributed by atoms with van der Waals surface area (Å²) in [5.41, 5.74) is 5.72. The van der Waals surface area contributed by atoms with E-state index in [1.165, 1.54) is 6.42 Å². The Kier molecular flexibility index (Phi) is 8.15. The highest BCUT2D eigenvalue weighted by atomic mass is 15.1. The molecule has 0 spiro atoms. The van der Waals surface area contributed by atoms with Crippen LogP contribution in [-0.2, 0) is 0 Å². The largest absolute Gasteiger partial charge is 0.370 e. The summed E-state index contributed by atoms with van der Waals surface area (Å²) in [6.07, 6.45) is 3.50. The van der Waals surface area contributed by atoms with Gasteiger partial charge >= 0.3 is 0 Å². The van der Waals surface area contributed by atoms with Gasteiger partial charge in [-0.2, -0.15) is 0 Å². The molecular weight excluding hydrogens is 186 g/mol. The molecule has 0 aliphatic rings. The van der Waals surface area contributed by atoms with Crippen molar-refractivity contribution in [2.75, 3.05) is 13.1 Å². The quantitative estimate of drug-likeness (QED) is 0.387. The van der Waals surface area contributed by atoms with Crippen molar-refractivity contribution < 1.29 is 0 Å². The monoisotopic (exact) mass is 213 g/mol. The Balaban J connectivity index is 3.44. The number of hydrogen-bond acceptors (Lipinski definition) is 1. The molecule has 3 nitrogen and oxygen atoms in total.